The summed E-state index contributed by atoms with van der Waals surface area (Å²) in [4.78, 5) is 1.25. The number of thiol groups is 1. The van der Waals surface area contributed by atoms with Crippen molar-refractivity contribution in [3.63, 3.8) is 0 Å². The quantitative estimate of drug-likeness (QED) is 0.404. The van der Waals surface area contributed by atoms with E-state index in [2.05, 4.69) is 12.6 Å². The standard InChI is InChI=1S/C6H10S2/c7-5-1-2-6(8)4-3-5/h5,7H,1-4H2. The molecule has 8 heavy (non-hydrogen) atoms. The number of thiocarbonyl (C=S) groups is 1. The van der Waals surface area contributed by atoms with Crippen LogP contribution in [0.2, 0.25) is 0 Å². The highest BCUT2D eigenvalue weighted by atomic mass is 32.1. The monoisotopic (exact) mass is 146 g/mol. The van der Waals surface area contributed by atoms with Crippen LogP contribution in [0.15, 0.2) is 0 Å². The molecular weight excluding hydrogens is 136 g/mol. The van der Waals surface area contributed by atoms with Crippen molar-refractivity contribution in [1.29, 1.82) is 0 Å². The van der Waals surface area contributed by atoms with Gasteiger partial charge in [0.2, 0.25) is 0 Å². The van der Waals surface area contributed by atoms with Gasteiger partial charge in [0.05, 0.1) is 0 Å². The van der Waals surface area contributed by atoms with Crippen molar-refractivity contribution < 1.29 is 0 Å². The van der Waals surface area contributed by atoms with E-state index in [4.69, 9.17) is 12.2 Å². The molecule has 0 aliphatic heterocycles. The van der Waals surface area contributed by atoms with E-state index < -0.39 is 0 Å². The van der Waals surface area contributed by atoms with Crippen LogP contribution in [0.4, 0.5) is 0 Å². The van der Waals surface area contributed by atoms with Crippen molar-refractivity contribution in [3.05, 3.63) is 0 Å². The van der Waals surface area contributed by atoms with Gasteiger partial charge in [-0.1, -0.05) is 12.2 Å². The Bertz CT molecular complexity index is 88.7. The molecule has 0 aromatic rings. The van der Waals surface area contributed by atoms with Gasteiger partial charge < -0.3 is 0 Å². The highest BCUT2D eigenvalue weighted by Gasteiger charge is 2.11. The fraction of sp³-hybridized carbons (Fsp3) is 0.833. The molecule has 0 spiro atoms. The second kappa shape index (κ2) is 2.83. The molecule has 1 saturated carbocycles. The lowest BCUT2D eigenvalue weighted by molar-refractivity contribution is 0.697. The number of hydrogen-bond acceptors (Lipinski definition) is 2. The van der Waals surface area contributed by atoms with Crippen molar-refractivity contribution in [2.45, 2.75) is 30.9 Å². The maximum absolute atomic E-state index is 5.02. The van der Waals surface area contributed by atoms with Crippen LogP contribution in [0.3, 0.4) is 0 Å². The molecule has 1 aliphatic carbocycles. The van der Waals surface area contributed by atoms with Crippen molar-refractivity contribution >= 4 is 29.7 Å². The van der Waals surface area contributed by atoms with Crippen molar-refractivity contribution in [3.8, 4) is 0 Å². The van der Waals surface area contributed by atoms with Crippen LogP contribution in [0.25, 0.3) is 0 Å². The molecule has 1 fully saturated rings. The summed E-state index contributed by atoms with van der Waals surface area (Å²) in [6.45, 7) is 0. The fourth-order valence-electron chi connectivity index (χ4n) is 0.925. The molecule has 0 nitrogen and oxygen atoms in total. The van der Waals surface area contributed by atoms with Crippen molar-refractivity contribution in [1.82, 2.24) is 0 Å². The van der Waals surface area contributed by atoms with Gasteiger partial charge in [0.15, 0.2) is 0 Å². The highest BCUT2D eigenvalue weighted by molar-refractivity contribution is 7.81. The first-order valence-electron chi connectivity index (χ1n) is 2.99. The van der Waals surface area contributed by atoms with Gasteiger partial charge in [-0.2, -0.15) is 12.6 Å². The first kappa shape index (κ1) is 6.56. The van der Waals surface area contributed by atoms with E-state index in [1.807, 2.05) is 0 Å². The van der Waals surface area contributed by atoms with Crippen molar-refractivity contribution in [2.75, 3.05) is 0 Å². The Balaban J connectivity index is 2.29. The molecule has 0 aromatic carbocycles. The van der Waals surface area contributed by atoms with Crippen LogP contribution in [0.1, 0.15) is 25.7 Å². The molecule has 0 atom stereocenters. The fourth-order valence-corrected chi connectivity index (χ4v) is 1.42. The Labute approximate surface area is 61.1 Å². The Morgan fingerprint density at radius 2 is 1.88 bits per heavy atom. The SMILES string of the molecule is S=C1CCC(S)CC1. The van der Waals surface area contributed by atoms with Gasteiger partial charge in [0, 0.05) is 5.25 Å². The first-order chi connectivity index (χ1) is 3.79. The van der Waals surface area contributed by atoms with E-state index in [0.717, 1.165) is 12.8 Å². The number of hydrogen-bond donors (Lipinski definition) is 1. The molecule has 1 aliphatic rings. The van der Waals surface area contributed by atoms with E-state index in [0.29, 0.717) is 5.25 Å². The minimum atomic E-state index is 0.627. The average Bonchev–Trinajstić information content (AvgIpc) is 1.77. The van der Waals surface area contributed by atoms with E-state index in [9.17, 15) is 0 Å². The van der Waals surface area contributed by atoms with Crippen LogP contribution in [-0.2, 0) is 0 Å². The lowest BCUT2D eigenvalue weighted by Gasteiger charge is -2.16. The molecule has 0 radical (unpaired) electrons. The lowest BCUT2D eigenvalue weighted by Crippen LogP contribution is -2.11. The Kier molecular flexibility index (Phi) is 2.32. The normalized spacial score (nSPS) is 23.9. The van der Waals surface area contributed by atoms with E-state index >= 15 is 0 Å². The summed E-state index contributed by atoms with van der Waals surface area (Å²) >= 11 is 9.37. The molecule has 2 heteroatoms. The largest absolute Gasteiger partial charge is 0.176 e. The lowest BCUT2D eigenvalue weighted by atomic mass is 10.0. The molecular formula is C6H10S2. The summed E-state index contributed by atoms with van der Waals surface area (Å²) in [5.41, 5.74) is 0. The van der Waals surface area contributed by atoms with Gasteiger partial charge in [-0.05, 0) is 30.5 Å². The second-order valence-corrected chi connectivity index (χ2v) is 3.58. The molecule has 0 aromatic heterocycles. The van der Waals surface area contributed by atoms with Crippen LogP contribution in [0, 0.1) is 0 Å². The summed E-state index contributed by atoms with van der Waals surface area (Å²) in [7, 11) is 0. The zero-order chi connectivity index (χ0) is 5.98. The van der Waals surface area contributed by atoms with Gasteiger partial charge in [0.1, 0.15) is 0 Å². The molecule has 0 amide bonds. The van der Waals surface area contributed by atoms with E-state index in [1.165, 1.54) is 17.7 Å². The van der Waals surface area contributed by atoms with E-state index in [-0.39, 0.29) is 0 Å². The van der Waals surface area contributed by atoms with Gasteiger partial charge in [-0.25, -0.2) is 0 Å². The number of rotatable bonds is 0. The molecule has 0 bridgehead atoms. The van der Waals surface area contributed by atoms with Crippen LogP contribution < -0.4 is 0 Å². The zero-order valence-electron chi connectivity index (χ0n) is 4.76. The predicted molar refractivity (Wildman–Crippen MR) is 43.8 cm³/mol. The third kappa shape index (κ3) is 1.75. The summed E-state index contributed by atoms with van der Waals surface area (Å²) in [6, 6.07) is 0. The van der Waals surface area contributed by atoms with Gasteiger partial charge in [-0.3, -0.25) is 0 Å². The van der Waals surface area contributed by atoms with Crippen molar-refractivity contribution in [2.24, 2.45) is 0 Å². The predicted octanol–water partition coefficient (Wildman–Crippen LogP) is 2.23. The zero-order valence-corrected chi connectivity index (χ0v) is 6.47. The Morgan fingerprint density at radius 3 is 2.25 bits per heavy atom. The van der Waals surface area contributed by atoms with Gasteiger partial charge in [0.25, 0.3) is 0 Å². The third-order valence-electron chi connectivity index (χ3n) is 1.51. The summed E-state index contributed by atoms with van der Waals surface area (Å²) in [5, 5.41) is 0.627. The van der Waals surface area contributed by atoms with Gasteiger partial charge in [-0.15, -0.1) is 0 Å². The summed E-state index contributed by atoms with van der Waals surface area (Å²) in [5.74, 6) is 0. The van der Waals surface area contributed by atoms with E-state index in [1.54, 1.807) is 0 Å². The van der Waals surface area contributed by atoms with Gasteiger partial charge >= 0.3 is 0 Å². The minimum Gasteiger partial charge on any atom is -0.176 e. The smallest absolute Gasteiger partial charge is 0.00234 e. The summed E-state index contributed by atoms with van der Waals surface area (Å²) in [6.07, 6.45) is 4.65. The first-order valence-corrected chi connectivity index (χ1v) is 3.91. The molecule has 1 rings (SSSR count). The van der Waals surface area contributed by atoms with Crippen LogP contribution >= 0.6 is 24.8 Å². The van der Waals surface area contributed by atoms with Crippen LogP contribution in [0.5, 0.6) is 0 Å². The second-order valence-electron chi connectivity index (χ2n) is 2.27. The minimum absolute atomic E-state index is 0.627. The molecule has 0 unspecified atom stereocenters. The molecule has 0 saturated heterocycles. The Hall–Kier alpha value is 0.440. The average molecular weight is 146 g/mol. The molecule has 46 valence electrons. The Morgan fingerprint density at radius 1 is 1.38 bits per heavy atom. The molecule has 0 N–H and O–H groups in total. The third-order valence-corrected chi connectivity index (χ3v) is 2.44. The maximum atomic E-state index is 5.02. The highest BCUT2D eigenvalue weighted by Crippen LogP contribution is 2.19. The topological polar surface area (TPSA) is 0 Å². The maximum Gasteiger partial charge on any atom is 0.00234 e. The molecule has 0 heterocycles. The summed E-state index contributed by atoms with van der Waals surface area (Å²) < 4.78 is 0. The van der Waals surface area contributed by atoms with Crippen LogP contribution in [-0.4, -0.2) is 10.1 Å².